The Morgan fingerprint density at radius 3 is 2.48 bits per heavy atom. The molecule has 5 nitrogen and oxygen atoms in total. The predicted molar refractivity (Wildman–Crippen MR) is 97.5 cm³/mol. The van der Waals surface area contributed by atoms with Gasteiger partial charge in [-0.05, 0) is 45.8 Å². The zero-order valence-corrected chi connectivity index (χ0v) is 15.8. The highest BCUT2D eigenvalue weighted by molar-refractivity contribution is 9.10. The SMILES string of the molecule is Cl.O=C(NCC(c1ccc(F)cc1)N1CCOCC1)c1ccc(Br)o1. The maximum atomic E-state index is 13.2. The molecule has 2 heterocycles. The number of hydrogen-bond donors (Lipinski definition) is 1. The molecule has 1 atom stereocenters. The molecule has 1 saturated heterocycles. The number of carbonyl (C=O) groups excluding carboxylic acids is 1. The number of carbonyl (C=O) groups is 1. The Labute approximate surface area is 160 Å². The van der Waals surface area contributed by atoms with Gasteiger partial charge >= 0.3 is 0 Å². The summed E-state index contributed by atoms with van der Waals surface area (Å²) in [7, 11) is 0. The van der Waals surface area contributed by atoms with Gasteiger partial charge in [0.15, 0.2) is 10.4 Å². The summed E-state index contributed by atoms with van der Waals surface area (Å²) < 4.78 is 24.4. The number of morpholine rings is 1. The van der Waals surface area contributed by atoms with Crippen molar-refractivity contribution in [1.82, 2.24) is 10.2 Å². The van der Waals surface area contributed by atoms with Gasteiger partial charge in [-0.2, -0.15) is 0 Å². The highest BCUT2D eigenvalue weighted by Crippen LogP contribution is 2.22. The second kappa shape index (κ2) is 9.33. The van der Waals surface area contributed by atoms with E-state index in [0.29, 0.717) is 24.4 Å². The quantitative estimate of drug-likeness (QED) is 0.785. The lowest BCUT2D eigenvalue weighted by atomic mass is 10.0. The lowest BCUT2D eigenvalue weighted by Crippen LogP contribution is -2.43. The van der Waals surface area contributed by atoms with Crippen molar-refractivity contribution in [2.24, 2.45) is 0 Å². The van der Waals surface area contributed by atoms with E-state index < -0.39 is 0 Å². The van der Waals surface area contributed by atoms with Crippen LogP contribution in [0.3, 0.4) is 0 Å². The van der Waals surface area contributed by atoms with Crippen LogP contribution in [-0.2, 0) is 4.74 Å². The molecule has 3 rings (SSSR count). The summed E-state index contributed by atoms with van der Waals surface area (Å²) in [5.41, 5.74) is 0.958. The van der Waals surface area contributed by atoms with Crippen molar-refractivity contribution < 1.29 is 18.3 Å². The van der Waals surface area contributed by atoms with E-state index in [4.69, 9.17) is 9.15 Å². The van der Waals surface area contributed by atoms with Crippen molar-refractivity contribution in [3.63, 3.8) is 0 Å². The van der Waals surface area contributed by atoms with Gasteiger partial charge < -0.3 is 14.5 Å². The molecule has 0 spiro atoms. The molecule has 1 aromatic carbocycles. The van der Waals surface area contributed by atoms with Crippen LogP contribution in [0.15, 0.2) is 45.5 Å². The van der Waals surface area contributed by atoms with E-state index in [1.807, 2.05) is 0 Å². The van der Waals surface area contributed by atoms with Gasteiger partial charge in [-0.15, -0.1) is 12.4 Å². The number of rotatable bonds is 5. The van der Waals surface area contributed by atoms with Crippen LogP contribution >= 0.6 is 28.3 Å². The Bertz CT molecular complexity index is 689. The molecule has 25 heavy (non-hydrogen) atoms. The minimum Gasteiger partial charge on any atom is -0.444 e. The Kier molecular flexibility index (Phi) is 7.43. The Hall–Kier alpha value is -1.41. The molecule has 1 unspecified atom stereocenters. The molecule has 0 aliphatic carbocycles. The Morgan fingerprint density at radius 1 is 1.20 bits per heavy atom. The number of halogens is 3. The third-order valence-corrected chi connectivity index (χ3v) is 4.42. The van der Waals surface area contributed by atoms with E-state index in [1.54, 1.807) is 24.3 Å². The third-order valence-electron chi connectivity index (χ3n) is 3.99. The summed E-state index contributed by atoms with van der Waals surface area (Å²) in [6.45, 7) is 3.24. The molecule has 0 bridgehead atoms. The second-order valence-corrected chi connectivity index (χ2v) is 6.31. The molecule has 2 aromatic rings. The van der Waals surface area contributed by atoms with Crippen LogP contribution < -0.4 is 5.32 Å². The summed E-state index contributed by atoms with van der Waals surface area (Å²) in [6.07, 6.45) is 0. The number of ether oxygens (including phenoxy) is 1. The van der Waals surface area contributed by atoms with Crippen molar-refractivity contribution in [3.8, 4) is 0 Å². The summed E-state index contributed by atoms with van der Waals surface area (Å²) in [4.78, 5) is 14.4. The number of nitrogens with zero attached hydrogens (tertiary/aromatic N) is 1. The first-order valence-corrected chi connectivity index (χ1v) is 8.53. The standard InChI is InChI=1S/C17H18BrFN2O3.ClH/c18-16-6-5-15(24-16)17(22)20-11-14(21-7-9-23-10-8-21)12-1-3-13(19)4-2-12;/h1-6,14H,7-11H2,(H,20,22);1H. The van der Waals surface area contributed by atoms with E-state index in [-0.39, 0.29) is 35.9 Å². The minimum atomic E-state index is -0.277. The number of amides is 1. The van der Waals surface area contributed by atoms with E-state index in [0.717, 1.165) is 18.7 Å². The van der Waals surface area contributed by atoms with Crippen molar-refractivity contribution in [1.29, 1.82) is 0 Å². The third kappa shape index (κ3) is 5.28. The van der Waals surface area contributed by atoms with Gasteiger partial charge in [-0.25, -0.2) is 4.39 Å². The predicted octanol–water partition coefficient (Wildman–Crippen LogP) is 3.41. The fraction of sp³-hybridized carbons (Fsp3) is 0.353. The highest BCUT2D eigenvalue weighted by atomic mass is 79.9. The fourth-order valence-corrected chi connectivity index (χ4v) is 3.05. The number of benzene rings is 1. The van der Waals surface area contributed by atoms with E-state index in [9.17, 15) is 9.18 Å². The molecule has 1 fully saturated rings. The van der Waals surface area contributed by atoms with Gasteiger partial charge in [0.1, 0.15) is 5.82 Å². The summed E-state index contributed by atoms with van der Waals surface area (Å²) in [6, 6.07) is 9.63. The molecular formula is C17H19BrClFN2O3. The smallest absolute Gasteiger partial charge is 0.287 e. The largest absolute Gasteiger partial charge is 0.444 e. The number of furan rings is 1. The van der Waals surface area contributed by atoms with Gasteiger partial charge in [0.2, 0.25) is 0 Å². The van der Waals surface area contributed by atoms with Crippen molar-refractivity contribution >= 4 is 34.2 Å². The summed E-state index contributed by atoms with van der Waals surface area (Å²) >= 11 is 3.18. The highest BCUT2D eigenvalue weighted by Gasteiger charge is 2.24. The van der Waals surface area contributed by atoms with Crippen LogP contribution in [0.5, 0.6) is 0 Å². The molecule has 8 heteroatoms. The summed E-state index contributed by atoms with van der Waals surface area (Å²) in [5, 5.41) is 2.89. The first-order valence-electron chi connectivity index (χ1n) is 7.74. The molecule has 136 valence electrons. The van der Waals surface area contributed by atoms with Crippen LogP contribution in [0.2, 0.25) is 0 Å². The van der Waals surface area contributed by atoms with Crippen LogP contribution in [0, 0.1) is 5.82 Å². The molecule has 1 aliphatic rings. The number of nitrogens with one attached hydrogen (secondary N) is 1. The molecule has 1 amide bonds. The minimum absolute atomic E-state index is 0. The zero-order chi connectivity index (χ0) is 16.9. The molecule has 1 aromatic heterocycles. The number of hydrogen-bond acceptors (Lipinski definition) is 4. The molecule has 0 radical (unpaired) electrons. The van der Waals surface area contributed by atoms with Crippen LogP contribution in [-0.4, -0.2) is 43.7 Å². The second-order valence-electron chi connectivity index (χ2n) is 5.53. The van der Waals surface area contributed by atoms with Crippen LogP contribution in [0.4, 0.5) is 4.39 Å². The maximum absolute atomic E-state index is 13.2. The topological polar surface area (TPSA) is 54.7 Å². The normalized spacial score (nSPS) is 16.1. The van der Waals surface area contributed by atoms with Gasteiger partial charge in [-0.3, -0.25) is 9.69 Å². The van der Waals surface area contributed by atoms with Gasteiger partial charge in [0, 0.05) is 19.6 Å². The van der Waals surface area contributed by atoms with E-state index in [1.165, 1.54) is 12.1 Å². The van der Waals surface area contributed by atoms with Gasteiger partial charge in [0.05, 0.1) is 19.3 Å². The lowest BCUT2D eigenvalue weighted by Gasteiger charge is -2.34. The zero-order valence-electron chi connectivity index (χ0n) is 13.4. The molecule has 0 saturated carbocycles. The van der Waals surface area contributed by atoms with Crippen molar-refractivity contribution in [3.05, 3.63) is 58.2 Å². The van der Waals surface area contributed by atoms with Crippen LogP contribution in [0.25, 0.3) is 0 Å². The Balaban J connectivity index is 0.00000225. The maximum Gasteiger partial charge on any atom is 0.287 e. The van der Waals surface area contributed by atoms with Crippen LogP contribution in [0.1, 0.15) is 22.2 Å². The first kappa shape index (κ1) is 19.9. The monoisotopic (exact) mass is 432 g/mol. The average Bonchev–Trinajstić information content (AvgIpc) is 3.04. The van der Waals surface area contributed by atoms with Crippen molar-refractivity contribution in [2.75, 3.05) is 32.8 Å². The first-order chi connectivity index (χ1) is 11.6. The van der Waals surface area contributed by atoms with Gasteiger partial charge in [-0.1, -0.05) is 12.1 Å². The molecule has 1 aliphatic heterocycles. The van der Waals surface area contributed by atoms with E-state index >= 15 is 0 Å². The summed E-state index contributed by atoms with van der Waals surface area (Å²) in [5.74, 6) is -0.299. The Morgan fingerprint density at radius 2 is 1.88 bits per heavy atom. The van der Waals surface area contributed by atoms with Gasteiger partial charge in [0.25, 0.3) is 5.91 Å². The van der Waals surface area contributed by atoms with Crippen molar-refractivity contribution in [2.45, 2.75) is 6.04 Å². The lowest BCUT2D eigenvalue weighted by molar-refractivity contribution is 0.0161. The average molecular weight is 434 g/mol. The van der Waals surface area contributed by atoms with E-state index in [2.05, 4.69) is 26.1 Å². The molecule has 1 N–H and O–H groups in total. The molecular weight excluding hydrogens is 415 g/mol. The fourth-order valence-electron chi connectivity index (χ4n) is 2.74.